The minimum Gasteiger partial charge on any atom is -0.497 e. The van der Waals surface area contributed by atoms with Crippen LogP contribution in [-0.2, 0) is 11.2 Å². The first-order valence-corrected chi connectivity index (χ1v) is 11.7. The predicted molar refractivity (Wildman–Crippen MR) is 131 cm³/mol. The van der Waals surface area contributed by atoms with Crippen molar-refractivity contribution in [3.05, 3.63) is 46.0 Å². The zero-order chi connectivity index (χ0) is 25.0. The van der Waals surface area contributed by atoms with E-state index in [0.29, 0.717) is 51.1 Å². The maximum atomic E-state index is 11.8. The fraction of sp³-hybridized carbons (Fsp3) is 0.440. The van der Waals surface area contributed by atoms with Gasteiger partial charge in [0.25, 0.3) is 0 Å². The van der Waals surface area contributed by atoms with E-state index in [4.69, 9.17) is 18.9 Å². The molecule has 0 fully saturated rings. The van der Waals surface area contributed by atoms with E-state index in [1.54, 1.807) is 32.4 Å². The highest BCUT2D eigenvalue weighted by atomic mass is 32.1. The van der Waals surface area contributed by atoms with E-state index in [1.165, 1.54) is 24.5 Å². The standard InChI is InChI=1S/C25H31NO7S/c1-13(2)12-33-20(24(27)15-7-18(31-5)14(3)19(8-15)32-6)11-22-26-23-17(25(28)29)9-16(30-4)10-21(23)34-22/h7-10,13,20,24,27H,11-12H2,1-6H3,(H,28,29)/t20-,24+/m0/s1. The van der Waals surface area contributed by atoms with Crippen molar-refractivity contribution in [2.24, 2.45) is 5.92 Å². The summed E-state index contributed by atoms with van der Waals surface area (Å²) in [5.41, 5.74) is 1.90. The smallest absolute Gasteiger partial charge is 0.338 e. The Morgan fingerprint density at radius 2 is 1.71 bits per heavy atom. The molecule has 9 heteroatoms. The molecule has 3 rings (SSSR count). The summed E-state index contributed by atoms with van der Waals surface area (Å²) in [5, 5.41) is 21.6. The highest BCUT2D eigenvalue weighted by Crippen LogP contribution is 2.36. The molecule has 0 bridgehead atoms. The van der Waals surface area contributed by atoms with E-state index in [9.17, 15) is 15.0 Å². The number of nitrogens with zero attached hydrogens (tertiary/aromatic N) is 1. The lowest BCUT2D eigenvalue weighted by molar-refractivity contribution is -0.0472. The molecule has 1 aromatic heterocycles. The monoisotopic (exact) mass is 489 g/mol. The molecule has 2 aromatic carbocycles. The lowest BCUT2D eigenvalue weighted by Gasteiger charge is -2.25. The molecule has 8 nitrogen and oxygen atoms in total. The summed E-state index contributed by atoms with van der Waals surface area (Å²) in [6.45, 7) is 6.39. The van der Waals surface area contributed by atoms with E-state index >= 15 is 0 Å². The Morgan fingerprint density at radius 3 is 2.24 bits per heavy atom. The average Bonchev–Trinajstić information content (AvgIpc) is 3.22. The summed E-state index contributed by atoms with van der Waals surface area (Å²) >= 11 is 1.36. The largest absolute Gasteiger partial charge is 0.497 e. The van der Waals surface area contributed by atoms with Gasteiger partial charge in [0, 0.05) is 18.6 Å². The molecule has 0 saturated heterocycles. The molecule has 0 aliphatic carbocycles. The van der Waals surface area contributed by atoms with Crippen LogP contribution in [0.5, 0.6) is 17.2 Å². The van der Waals surface area contributed by atoms with Crippen molar-refractivity contribution in [2.45, 2.75) is 39.4 Å². The summed E-state index contributed by atoms with van der Waals surface area (Å²) in [4.78, 5) is 16.3. The highest BCUT2D eigenvalue weighted by molar-refractivity contribution is 7.18. The van der Waals surface area contributed by atoms with E-state index in [2.05, 4.69) is 4.98 Å². The van der Waals surface area contributed by atoms with Gasteiger partial charge in [-0.25, -0.2) is 9.78 Å². The second-order valence-electron chi connectivity index (χ2n) is 8.40. The van der Waals surface area contributed by atoms with Gasteiger partial charge in [-0.3, -0.25) is 0 Å². The van der Waals surface area contributed by atoms with Crippen molar-refractivity contribution in [3.63, 3.8) is 0 Å². The molecule has 0 unspecified atom stereocenters. The molecule has 0 saturated carbocycles. The molecule has 0 amide bonds. The van der Waals surface area contributed by atoms with Crippen LogP contribution in [0, 0.1) is 12.8 Å². The Bertz CT molecular complexity index is 1130. The molecule has 184 valence electrons. The lowest BCUT2D eigenvalue weighted by Crippen LogP contribution is -2.26. The first-order chi connectivity index (χ1) is 16.2. The topological polar surface area (TPSA) is 107 Å². The first kappa shape index (κ1) is 25.7. The number of aliphatic hydroxyl groups excluding tert-OH is 1. The molecule has 0 aliphatic heterocycles. The van der Waals surface area contributed by atoms with Gasteiger partial charge in [-0.2, -0.15) is 0 Å². The number of carboxylic acids is 1. The number of carbonyl (C=O) groups is 1. The summed E-state index contributed by atoms with van der Waals surface area (Å²) in [5.74, 6) is 0.845. The number of thiazole rings is 1. The number of fused-ring (bicyclic) bond motifs is 1. The van der Waals surface area contributed by atoms with Crippen LogP contribution in [0.15, 0.2) is 24.3 Å². The molecule has 2 N–H and O–H groups in total. The number of ether oxygens (including phenoxy) is 4. The molecular formula is C25H31NO7S. The number of carboxylic acid groups (broad SMARTS) is 1. The molecule has 34 heavy (non-hydrogen) atoms. The number of hydrogen-bond donors (Lipinski definition) is 2. The summed E-state index contributed by atoms with van der Waals surface area (Å²) in [6, 6.07) is 6.78. The maximum Gasteiger partial charge on any atom is 0.338 e. The third-order valence-corrected chi connectivity index (χ3v) is 6.49. The van der Waals surface area contributed by atoms with Crippen LogP contribution in [0.4, 0.5) is 0 Å². The molecule has 2 atom stereocenters. The van der Waals surface area contributed by atoms with Crippen LogP contribution >= 0.6 is 11.3 Å². The number of hydrogen-bond acceptors (Lipinski definition) is 8. The second-order valence-corrected chi connectivity index (χ2v) is 9.51. The Balaban J connectivity index is 1.99. The van der Waals surface area contributed by atoms with E-state index < -0.39 is 18.2 Å². The van der Waals surface area contributed by atoms with Gasteiger partial charge in [-0.15, -0.1) is 11.3 Å². The summed E-state index contributed by atoms with van der Waals surface area (Å²) < 4.78 is 23.0. The fourth-order valence-corrected chi connectivity index (χ4v) is 4.73. The van der Waals surface area contributed by atoms with Gasteiger partial charge in [-0.05, 0) is 42.7 Å². The fourth-order valence-electron chi connectivity index (χ4n) is 3.66. The van der Waals surface area contributed by atoms with Gasteiger partial charge in [-0.1, -0.05) is 13.8 Å². The summed E-state index contributed by atoms with van der Waals surface area (Å²) in [7, 11) is 4.63. The summed E-state index contributed by atoms with van der Waals surface area (Å²) in [6.07, 6.45) is -1.30. The van der Waals surface area contributed by atoms with Gasteiger partial charge in [0.05, 0.1) is 48.2 Å². The average molecular weight is 490 g/mol. The van der Waals surface area contributed by atoms with Crippen LogP contribution in [0.25, 0.3) is 10.2 Å². The van der Waals surface area contributed by atoms with Crippen molar-refractivity contribution in [3.8, 4) is 17.2 Å². The molecule has 0 radical (unpaired) electrons. The van der Waals surface area contributed by atoms with E-state index in [-0.39, 0.29) is 11.5 Å². The zero-order valence-electron chi connectivity index (χ0n) is 20.2. The first-order valence-electron chi connectivity index (χ1n) is 10.9. The van der Waals surface area contributed by atoms with Crippen LogP contribution in [0.1, 0.15) is 46.4 Å². The van der Waals surface area contributed by atoms with Crippen LogP contribution in [0.2, 0.25) is 0 Å². The van der Waals surface area contributed by atoms with Crippen molar-refractivity contribution >= 4 is 27.5 Å². The SMILES string of the molecule is COc1cc(C(=O)O)c2nc(C[C@H](OCC(C)C)[C@H](O)c3cc(OC)c(C)c(OC)c3)sc2c1. The number of methoxy groups -OCH3 is 3. The van der Waals surface area contributed by atoms with Crippen molar-refractivity contribution < 1.29 is 34.0 Å². The minimum atomic E-state index is -1.08. The van der Waals surface area contributed by atoms with E-state index in [1.807, 2.05) is 20.8 Å². The quantitative estimate of drug-likeness (QED) is 0.401. The normalized spacial score (nSPS) is 13.2. The van der Waals surface area contributed by atoms with Gasteiger partial charge >= 0.3 is 5.97 Å². The Morgan fingerprint density at radius 1 is 1.06 bits per heavy atom. The number of aromatic carboxylic acids is 1. The van der Waals surface area contributed by atoms with E-state index in [0.717, 1.165) is 5.56 Å². The van der Waals surface area contributed by atoms with Crippen LogP contribution in [0.3, 0.4) is 0 Å². The van der Waals surface area contributed by atoms with Crippen molar-refractivity contribution in [1.82, 2.24) is 4.98 Å². The van der Waals surface area contributed by atoms with Gasteiger partial charge in [0.1, 0.15) is 23.4 Å². The van der Waals surface area contributed by atoms with Crippen LogP contribution in [-0.4, -0.2) is 55.2 Å². The lowest BCUT2D eigenvalue weighted by atomic mass is 9.99. The zero-order valence-corrected chi connectivity index (χ0v) is 21.1. The Labute approximate surface area is 203 Å². The Hall–Kier alpha value is -2.88. The minimum absolute atomic E-state index is 0.0741. The van der Waals surface area contributed by atoms with Gasteiger partial charge < -0.3 is 29.2 Å². The van der Waals surface area contributed by atoms with Crippen molar-refractivity contribution in [1.29, 1.82) is 0 Å². The highest BCUT2D eigenvalue weighted by Gasteiger charge is 2.27. The molecular weight excluding hydrogens is 458 g/mol. The number of benzene rings is 2. The van der Waals surface area contributed by atoms with Crippen LogP contribution < -0.4 is 14.2 Å². The molecule has 0 spiro atoms. The number of aliphatic hydroxyl groups is 1. The van der Waals surface area contributed by atoms with Gasteiger partial charge in [0.15, 0.2) is 0 Å². The maximum absolute atomic E-state index is 11.8. The molecule has 0 aliphatic rings. The molecule has 3 aromatic rings. The predicted octanol–water partition coefficient (Wildman–Crippen LogP) is 4.65. The van der Waals surface area contributed by atoms with Crippen molar-refractivity contribution in [2.75, 3.05) is 27.9 Å². The van der Waals surface area contributed by atoms with Gasteiger partial charge in [0.2, 0.25) is 0 Å². The number of aromatic nitrogens is 1. The number of rotatable bonds is 11. The Kier molecular flexibility index (Phi) is 8.35. The third-order valence-electron chi connectivity index (χ3n) is 5.47. The third kappa shape index (κ3) is 5.60. The molecule has 1 heterocycles. The second kappa shape index (κ2) is 11.0.